The van der Waals surface area contributed by atoms with Crippen LogP contribution >= 0.6 is 11.8 Å². The van der Waals surface area contributed by atoms with E-state index in [0.717, 1.165) is 11.8 Å². The number of carboxylic acid groups (broad SMARTS) is 1. The fourth-order valence-corrected chi connectivity index (χ4v) is 1.84. The van der Waals surface area contributed by atoms with Gasteiger partial charge in [0, 0.05) is 18.6 Å². The van der Waals surface area contributed by atoms with Gasteiger partial charge in [-0.1, -0.05) is 0 Å². The van der Waals surface area contributed by atoms with E-state index in [9.17, 15) is 4.79 Å². The Hall–Kier alpha value is -1.95. The van der Waals surface area contributed by atoms with Crippen LogP contribution in [0.5, 0.6) is 0 Å². The van der Waals surface area contributed by atoms with Crippen molar-refractivity contribution in [2.24, 2.45) is 0 Å². The Labute approximate surface area is 95.6 Å². The van der Waals surface area contributed by atoms with Gasteiger partial charge in [-0.05, 0) is 30.0 Å². The van der Waals surface area contributed by atoms with Crippen LogP contribution in [0.3, 0.4) is 0 Å². The third-order valence-corrected chi connectivity index (χ3v) is 2.64. The van der Waals surface area contributed by atoms with Crippen molar-refractivity contribution in [3.8, 4) is 0 Å². The summed E-state index contributed by atoms with van der Waals surface area (Å²) in [6.07, 6.45) is 4.73. The topological polar surface area (TPSA) is 76.0 Å². The second-order valence-electron chi connectivity index (χ2n) is 2.79. The van der Waals surface area contributed by atoms with Gasteiger partial charge in [-0.15, -0.1) is 0 Å². The van der Waals surface area contributed by atoms with Crippen molar-refractivity contribution in [1.82, 2.24) is 15.0 Å². The first-order valence-corrected chi connectivity index (χ1v) is 5.22. The van der Waals surface area contributed by atoms with Crippen molar-refractivity contribution < 1.29 is 9.90 Å². The second kappa shape index (κ2) is 4.71. The van der Waals surface area contributed by atoms with Crippen molar-refractivity contribution in [3.05, 3.63) is 42.4 Å². The largest absolute Gasteiger partial charge is 0.478 e. The maximum atomic E-state index is 10.9. The minimum absolute atomic E-state index is 0.153. The lowest BCUT2D eigenvalue weighted by molar-refractivity contribution is 0.0692. The predicted octanol–water partition coefficient (Wildman–Crippen LogP) is 1.72. The molecule has 0 atom stereocenters. The average Bonchev–Trinajstić information content (AvgIpc) is 2.31. The van der Waals surface area contributed by atoms with Gasteiger partial charge in [0.25, 0.3) is 0 Å². The standard InChI is InChI=1S/C10H7N3O2S/c14-9(15)7-3-1-4-11-8(7)16-10-12-5-2-6-13-10/h1-6H,(H,14,15). The zero-order valence-corrected chi connectivity index (χ0v) is 8.89. The summed E-state index contributed by atoms with van der Waals surface area (Å²) in [6.45, 7) is 0. The van der Waals surface area contributed by atoms with E-state index in [0.29, 0.717) is 10.2 Å². The van der Waals surface area contributed by atoms with Crippen molar-refractivity contribution in [3.63, 3.8) is 0 Å². The molecular weight excluding hydrogens is 226 g/mol. The van der Waals surface area contributed by atoms with E-state index < -0.39 is 5.97 Å². The monoisotopic (exact) mass is 233 g/mol. The number of aromatic carboxylic acids is 1. The molecule has 6 heteroatoms. The number of pyridine rings is 1. The number of nitrogens with zero attached hydrogens (tertiary/aromatic N) is 3. The number of carbonyl (C=O) groups is 1. The Kier molecular flexibility index (Phi) is 3.11. The summed E-state index contributed by atoms with van der Waals surface area (Å²) < 4.78 is 0. The van der Waals surface area contributed by atoms with Crippen LogP contribution in [0.15, 0.2) is 47.0 Å². The van der Waals surface area contributed by atoms with E-state index in [1.807, 2.05) is 0 Å². The van der Waals surface area contributed by atoms with Crippen molar-refractivity contribution in [2.75, 3.05) is 0 Å². The zero-order valence-electron chi connectivity index (χ0n) is 8.07. The lowest BCUT2D eigenvalue weighted by Crippen LogP contribution is -2.00. The van der Waals surface area contributed by atoms with Crippen LogP contribution in [0.4, 0.5) is 0 Å². The van der Waals surface area contributed by atoms with Crippen LogP contribution in [0.2, 0.25) is 0 Å². The number of carboxylic acids is 1. The number of hydrogen-bond donors (Lipinski definition) is 1. The van der Waals surface area contributed by atoms with E-state index in [1.54, 1.807) is 24.5 Å². The lowest BCUT2D eigenvalue weighted by Gasteiger charge is -2.02. The highest BCUT2D eigenvalue weighted by Gasteiger charge is 2.12. The molecule has 16 heavy (non-hydrogen) atoms. The Morgan fingerprint density at radius 1 is 1.12 bits per heavy atom. The molecule has 80 valence electrons. The van der Waals surface area contributed by atoms with Crippen LogP contribution in [0.25, 0.3) is 0 Å². The highest BCUT2D eigenvalue weighted by Crippen LogP contribution is 2.24. The lowest BCUT2D eigenvalue weighted by atomic mass is 10.3. The Bertz CT molecular complexity index is 504. The molecule has 2 aromatic rings. The molecule has 2 aromatic heterocycles. The second-order valence-corrected chi connectivity index (χ2v) is 3.75. The normalized spacial score (nSPS) is 10.0. The highest BCUT2D eigenvalue weighted by atomic mass is 32.2. The Morgan fingerprint density at radius 3 is 2.50 bits per heavy atom. The van der Waals surface area contributed by atoms with Crippen LogP contribution in [0.1, 0.15) is 10.4 Å². The number of rotatable bonds is 3. The molecule has 0 aliphatic carbocycles. The molecule has 0 aromatic carbocycles. The molecule has 2 heterocycles. The molecule has 0 aliphatic rings. The summed E-state index contributed by atoms with van der Waals surface area (Å²) in [7, 11) is 0. The molecule has 0 saturated heterocycles. The summed E-state index contributed by atoms with van der Waals surface area (Å²) >= 11 is 1.13. The van der Waals surface area contributed by atoms with Crippen LogP contribution in [-0.4, -0.2) is 26.0 Å². The van der Waals surface area contributed by atoms with E-state index in [-0.39, 0.29) is 5.56 Å². The summed E-state index contributed by atoms with van der Waals surface area (Å²) in [5.74, 6) is -1.01. The molecule has 0 amide bonds. The van der Waals surface area contributed by atoms with Crippen LogP contribution in [-0.2, 0) is 0 Å². The SMILES string of the molecule is O=C(O)c1cccnc1Sc1ncccn1. The molecule has 5 nitrogen and oxygen atoms in total. The summed E-state index contributed by atoms with van der Waals surface area (Å²) in [5.41, 5.74) is 0.153. The van der Waals surface area contributed by atoms with Gasteiger partial charge in [-0.25, -0.2) is 19.7 Å². The van der Waals surface area contributed by atoms with Crippen LogP contribution < -0.4 is 0 Å². The predicted molar refractivity (Wildman–Crippen MR) is 57.4 cm³/mol. The van der Waals surface area contributed by atoms with Gasteiger partial charge in [0.15, 0.2) is 5.16 Å². The molecule has 0 saturated carbocycles. The molecule has 2 rings (SSSR count). The fraction of sp³-hybridized carbons (Fsp3) is 0. The molecule has 0 fully saturated rings. The van der Waals surface area contributed by atoms with Gasteiger partial charge >= 0.3 is 5.97 Å². The smallest absolute Gasteiger partial charge is 0.338 e. The van der Waals surface area contributed by atoms with Gasteiger partial charge in [0.05, 0.1) is 5.56 Å². The molecule has 0 radical (unpaired) electrons. The molecule has 0 unspecified atom stereocenters. The first-order valence-electron chi connectivity index (χ1n) is 4.40. The summed E-state index contributed by atoms with van der Waals surface area (Å²) in [6, 6.07) is 4.78. The van der Waals surface area contributed by atoms with E-state index in [2.05, 4.69) is 15.0 Å². The van der Waals surface area contributed by atoms with Gasteiger partial charge in [-0.3, -0.25) is 0 Å². The molecule has 0 spiro atoms. The minimum atomic E-state index is -1.01. The maximum absolute atomic E-state index is 10.9. The van der Waals surface area contributed by atoms with Gasteiger partial charge in [0.1, 0.15) is 5.03 Å². The highest BCUT2D eigenvalue weighted by molar-refractivity contribution is 7.99. The molecule has 0 bridgehead atoms. The molecule has 0 aliphatic heterocycles. The van der Waals surface area contributed by atoms with Gasteiger partial charge < -0.3 is 5.11 Å². The van der Waals surface area contributed by atoms with Crippen molar-refractivity contribution in [2.45, 2.75) is 10.2 Å². The molecule has 1 N–H and O–H groups in total. The first kappa shape index (κ1) is 10.6. The Balaban J connectivity index is 2.31. The summed E-state index contributed by atoms with van der Waals surface area (Å²) in [4.78, 5) is 22.9. The minimum Gasteiger partial charge on any atom is -0.478 e. The first-order chi connectivity index (χ1) is 7.77. The van der Waals surface area contributed by atoms with Crippen LogP contribution in [0, 0.1) is 0 Å². The van der Waals surface area contributed by atoms with Crippen molar-refractivity contribution >= 4 is 17.7 Å². The van der Waals surface area contributed by atoms with E-state index in [4.69, 9.17) is 5.11 Å². The zero-order chi connectivity index (χ0) is 11.4. The van der Waals surface area contributed by atoms with E-state index in [1.165, 1.54) is 12.3 Å². The molecular formula is C10H7N3O2S. The van der Waals surface area contributed by atoms with Gasteiger partial charge in [0.2, 0.25) is 0 Å². The summed E-state index contributed by atoms with van der Waals surface area (Å²) in [5, 5.41) is 9.82. The third-order valence-electron chi connectivity index (χ3n) is 1.73. The fourth-order valence-electron chi connectivity index (χ4n) is 1.06. The average molecular weight is 233 g/mol. The number of hydrogen-bond acceptors (Lipinski definition) is 5. The van der Waals surface area contributed by atoms with E-state index >= 15 is 0 Å². The quantitative estimate of drug-likeness (QED) is 0.813. The number of aromatic nitrogens is 3. The third kappa shape index (κ3) is 2.34. The van der Waals surface area contributed by atoms with Gasteiger partial charge in [-0.2, -0.15) is 0 Å². The maximum Gasteiger partial charge on any atom is 0.338 e. The van der Waals surface area contributed by atoms with Crippen molar-refractivity contribution in [1.29, 1.82) is 0 Å². The Morgan fingerprint density at radius 2 is 1.81 bits per heavy atom.